The third-order valence-corrected chi connectivity index (χ3v) is 9.46. The molecule has 2 saturated heterocycles. The number of likely N-dealkylation sites (tertiary alicyclic amines) is 2. The van der Waals surface area contributed by atoms with Crippen LogP contribution in [0.3, 0.4) is 0 Å². The minimum Gasteiger partial charge on any atom is -0.347 e. The Morgan fingerprint density at radius 1 is 0.897 bits per heavy atom. The van der Waals surface area contributed by atoms with Gasteiger partial charge in [-0.3, -0.25) is 4.79 Å². The van der Waals surface area contributed by atoms with Crippen molar-refractivity contribution in [2.24, 2.45) is 5.41 Å². The van der Waals surface area contributed by atoms with Crippen LogP contribution in [0.15, 0.2) is 49.1 Å². The zero-order chi connectivity index (χ0) is 26.5. The summed E-state index contributed by atoms with van der Waals surface area (Å²) < 4.78 is 0. The maximum absolute atomic E-state index is 13.4. The third kappa shape index (κ3) is 6.44. The highest BCUT2D eigenvalue weighted by Crippen LogP contribution is 2.41. The number of hydrogen-bond acceptors (Lipinski definition) is 5. The highest BCUT2D eigenvalue weighted by molar-refractivity contribution is 5.94. The Labute approximate surface area is 232 Å². The molecule has 208 valence electrons. The summed E-state index contributed by atoms with van der Waals surface area (Å²) in [6, 6.07) is 9.06. The Morgan fingerprint density at radius 2 is 1.54 bits per heavy atom. The number of carbonyl (C=O) groups is 1. The number of hydrogen-bond donors (Lipinski definition) is 2. The van der Waals surface area contributed by atoms with Crippen molar-refractivity contribution in [1.82, 2.24) is 34.6 Å². The maximum Gasteiger partial charge on any atom is 0.254 e. The van der Waals surface area contributed by atoms with Crippen molar-refractivity contribution in [1.29, 1.82) is 0 Å². The Hall–Kier alpha value is -2.97. The molecule has 8 nitrogen and oxygen atoms in total. The first-order valence-corrected chi connectivity index (χ1v) is 15.0. The first kappa shape index (κ1) is 26.3. The third-order valence-electron chi connectivity index (χ3n) is 9.46. The van der Waals surface area contributed by atoms with E-state index in [1.807, 2.05) is 12.1 Å². The second-order valence-corrected chi connectivity index (χ2v) is 12.0. The molecule has 3 aliphatic rings. The molecule has 1 saturated carbocycles. The number of nitrogens with one attached hydrogen (secondary N) is 2. The predicted octanol–water partition coefficient (Wildman–Crippen LogP) is 4.64. The highest BCUT2D eigenvalue weighted by atomic mass is 16.2. The van der Waals surface area contributed by atoms with Crippen LogP contribution in [0.1, 0.15) is 78.9 Å². The van der Waals surface area contributed by atoms with E-state index in [-0.39, 0.29) is 5.91 Å². The fraction of sp³-hybridized carbons (Fsp3) is 0.581. The number of benzene rings is 1. The van der Waals surface area contributed by atoms with Gasteiger partial charge in [0.1, 0.15) is 11.6 Å². The largest absolute Gasteiger partial charge is 0.347 e. The minimum atomic E-state index is -0.0181. The molecule has 2 aromatic heterocycles. The maximum atomic E-state index is 13.4. The lowest BCUT2D eigenvalue weighted by molar-refractivity contribution is 0.0620. The van der Waals surface area contributed by atoms with Crippen molar-refractivity contribution in [2.45, 2.75) is 76.9 Å². The minimum absolute atomic E-state index is 0.0181. The van der Waals surface area contributed by atoms with E-state index in [0.29, 0.717) is 24.1 Å². The Bertz CT molecular complexity index is 1120. The van der Waals surface area contributed by atoms with E-state index in [9.17, 15) is 4.79 Å². The summed E-state index contributed by atoms with van der Waals surface area (Å²) in [5.74, 6) is 1.50. The van der Waals surface area contributed by atoms with Gasteiger partial charge in [-0.05, 0) is 81.3 Å². The first-order chi connectivity index (χ1) is 19.2. The number of imidazole rings is 2. The molecule has 1 aromatic carbocycles. The number of piperidine rings is 1. The molecule has 1 aliphatic carbocycles. The van der Waals surface area contributed by atoms with Gasteiger partial charge in [0.05, 0.1) is 13.1 Å². The molecule has 0 radical (unpaired) electrons. The number of aromatic amines is 2. The zero-order valence-corrected chi connectivity index (χ0v) is 23.2. The zero-order valence-electron chi connectivity index (χ0n) is 23.2. The quantitative estimate of drug-likeness (QED) is 0.422. The van der Waals surface area contributed by atoms with Crippen molar-refractivity contribution in [3.8, 4) is 0 Å². The van der Waals surface area contributed by atoms with Gasteiger partial charge in [0.25, 0.3) is 5.91 Å². The average Bonchev–Trinajstić information content (AvgIpc) is 3.76. The molecule has 1 amide bonds. The number of rotatable bonds is 9. The molecular weight excluding hydrogens is 486 g/mol. The van der Waals surface area contributed by atoms with Gasteiger partial charge in [0, 0.05) is 49.5 Å². The molecule has 0 unspecified atom stereocenters. The van der Waals surface area contributed by atoms with Gasteiger partial charge in [-0.1, -0.05) is 31.4 Å². The predicted molar refractivity (Wildman–Crippen MR) is 152 cm³/mol. The molecule has 39 heavy (non-hydrogen) atoms. The summed E-state index contributed by atoms with van der Waals surface area (Å²) in [5, 5.41) is 0. The Balaban J connectivity index is 0.998. The van der Waals surface area contributed by atoms with Gasteiger partial charge >= 0.3 is 0 Å². The lowest BCUT2D eigenvalue weighted by Crippen LogP contribution is -2.46. The Kier molecular flexibility index (Phi) is 8.11. The molecule has 1 spiro atoms. The van der Waals surface area contributed by atoms with Crippen LogP contribution in [-0.4, -0.2) is 79.3 Å². The van der Waals surface area contributed by atoms with Crippen molar-refractivity contribution in [3.63, 3.8) is 0 Å². The van der Waals surface area contributed by atoms with E-state index in [1.54, 1.807) is 29.7 Å². The molecule has 0 bridgehead atoms. The molecule has 0 atom stereocenters. The van der Waals surface area contributed by atoms with Crippen molar-refractivity contribution in [3.05, 3.63) is 71.8 Å². The van der Waals surface area contributed by atoms with Crippen LogP contribution in [0, 0.1) is 5.41 Å². The van der Waals surface area contributed by atoms with E-state index in [1.165, 1.54) is 83.1 Å². The number of carbonyl (C=O) groups excluding carboxylic acids is 1. The van der Waals surface area contributed by atoms with E-state index in [0.717, 1.165) is 30.7 Å². The van der Waals surface area contributed by atoms with Crippen molar-refractivity contribution < 1.29 is 4.79 Å². The number of nitrogens with zero attached hydrogens (tertiary/aromatic N) is 5. The van der Waals surface area contributed by atoms with E-state index in [2.05, 4.69) is 41.9 Å². The van der Waals surface area contributed by atoms with Crippen LogP contribution >= 0.6 is 0 Å². The Morgan fingerprint density at radius 3 is 2.15 bits per heavy atom. The van der Waals surface area contributed by atoms with Gasteiger partial charge < -0.3 is 24.7 Å². The number of aromatic nitrogens is 4. The monoisotopic (exact) mass is 529 g/mol. The molecule has 8 heteroatoms. The standard InChI is InChI=1S/C31H43N7O/c39-30(38(22-28-32-14-15-33-28)23-29-34-16-17-35-29)26-8-6-25(7-9-26)10-18-36-19-11-31(24-36)12-20-37(21-13-31)27-4-2-1-3-5-27/h6-9,14-17,27H,1-5,10-13,18-24H2,(H,32,33)(H,34,35). The molecule has 4 heterocycles. The van der Waals surface area contributed by atoms with Gasteiger partial charge in [-0.15, -0.1) is 0 Å². The molecule has 6 rings (SSSR count). The lowest BCUT2D eigenvalue weighted by Gasteiger charge is -2.44. The van der Waals surface area contributed by atoms with Crippen molar-refractivity contribution in [2.75, 3.05) is 32.7 Å². The normalized spacial score (nSPS) is 20.5. The molecule has 2 aliphatic heterocycles. The second kappa shape index (κ2) is 12.0. The second-order valence-electron chi connectivity index (χ2n) is 12.0. The smallest absolute Gasteiger partial charge is 0.254 e. The van der Waals surface area contributed by atoms with Crippen molar-refractivity contribution >= 4 is 5.91 Å². The summed E-state index contributed by atoms with van der Waals surface area (Å²) in [6.45, 7) is 7.03. The molecule has 3 fully saturated rings. The van der Waals surface area contributed by atoms with Crippen LogP contribution < -0.4 is 0 Å². The fourth-order valence-corrected chi connectivity index (χ4v) is 7.05. The molecular formula is C31H43N7O. The summed E-state index contributed by atoms with van der Waals surface area (Å²) in [6.07, 6.45) is 19.3. The van der Waals surface area contributed by atoms with Gasteiger partial charge in [0.2, 0.25) is 0 Å². The number of H-pyrrole nitrogens is 2. The van der Waals surface area contributed by atoms with Gasteiger partial charge in [-0.2, -0.15) is 0 Å². The summed E-state index contributed by atoms with van der Waals surface area (Å²) in [7, 11) is 0. The van der Waals surface area contributed by atoms with Crippen LogP contribution in [-0.2, 0) is 19.5 Å². The summed E-state index contributed by atoms with van der Waals surface area (Å²) >= 11 is 0. The van der Waals surface area contributed by atoms with Crippen LogP contribution in [0.2, 0.25) is 0 Å². The molecule has 3 aromatic rings. The lowest BCUT2D eigenvalue weighted by atomic mass is 9.77. The summed E-state index contributed by atoms with van der Waals surface area (Å²) in [5.41, 5.74) is 2.54. The van der Waals surface area contributed by atoms with Gasteiger partial charge in [-0.25, -0.2) is 9.97 Å². The SMILES string of the molecule is O=C(c1ccc(CCN2CCC3(CCN(C4CCCCC4)CC3)C2)cc1)N(Cc1ncc[nH]1)Cc1ncc[nH]1. The number of amides is 1. The van der Waals surface area contributed by atoms with Gasteiger partial charge in [0.15, 0.2) is 0 Å². The highest BCUT2D eigenvalue weighted by Gasteiger charge is 2.41. The molecule has 2 N–H and O–H groups in total. The average molecular weight is 530 g/mol. The van der Waals surface area contributed by atoms with E-state index < -0.39 is 0 Å². The topological polar surface area (TPSA) is 84.2 Å². The van der Waals surface area contributed by atoms with E-state index in [4.69, 9.17) is 0 Å². The van der Waals surface area contributed by atoms with Crippen LogP contribution in [0.5, 0.6) is 0 Å². The van der Waals surface area contributed by atoms with E-state index >= 15 is 0 Å². The first-order valence-electron chi connectivity index (χ1n) is 15.0. The van der Waals surface area contributed by atoms with Crippen LogP contribution in [0.25, 0.3) is 0 Å². The fourth-order valence-electron chi connectivity index (χ4n) is 7.05. The van der Waals surface area contributed by atoms with Crippen LogP contribution in [0.4, 0.5) is 0 Å². The summed E-state index contributed by atoms with van der Waals surface area (Å²) in [4.78, 5) is 35.5.